The molecule has 0 aromatic rings. The van der Waals surface area contributed by atoms with E-state index in [1.807, 2.05) is 0 Å². The fraction of sp³-hybridized carbons (Fsp3) is 0.711. The van der Waals surface area contributed by atoms with Gasteiger partial charge in [-0.2, -0.15) is 0 Å². The number of carbonyl (C=O) groups excluding carboxylic acids is 4. The molecule has 586 valence electrons. The summed E-state index contributed by atoms with van der Waals surface area (Å²) in [4.78, 5) is 72.9. The van der Waals surface area contributed by atoms with E-state index in [0.717, 1.165) is 186 Å². The van der Waals surface area contributed by atoms with E-state index in [4.69, 9.17) is 37.0 Å². The number of phosphoric ester groups is 2. The minimum absolute atomic E-state index is 0.0701. The molecule has 0 aliphatic heterocycles. The first-order valence-electron chi connectivity index (χ1n) is 39.8. The average molecular weight is 1470 g/mol. The van der Waals surface area contributed by atoms with Crippen LogP contribution in [0.5, 0.6) is 0 Å². The van der Waals surface area contributed by atoms with Gasteiger partial charge in [-0.3, -0.25) is 37.3 Å². The number of hydrogen-bond donors (Lipinski definition) is 3. The Balaban J connectivity index is 5.39. The minimum Gasteiger partial charge on any atom is -0.462 e. The van der Waals surface area contributed by atoms with Crippen LogP contribution in [0.25, 0.3) is 0 Å². The predicted octanol–water partition coefficient (Wildman–Crippen LogP) is 23.1. The summed E-state index contributed by atoms with van der Waals surface area (Å²) in [6, 6.07) is 0. The number of unbranched alkanes of at least 4 members (excludes halogenated alkanes) is 28. The number of esters is 4. The van der Waals surface area contributed by atoms with E-state index in [1.165, 1.54) is 57.8 Å². The van der Waals surface area contributed by atoms with Crippen LogP contribution in [-0.4, -0.2) is 96.7 Å². The molecule has 0 fully saturated rings. The van der Waals surface area contributed by atoms with Gasteiger partial charge in [0.05, 0.1) is 26.4 Å². The van der Waals surface area contributed by atoms with Gasteiger partial charge in [0.2, 0.25) is 0 Å². The lowest BCUT2D eigenvalue weighted by Crippen LogP contribution is -2.30. The topological polar surface area (TPSA) is 237 Å². The van der Waals surface area contributed by atoms with Crippen molar-refractivity contribution in [3.63, 3.8) is 0 Å². The van der Waals surface area contributed by atoms with Crippen LogP contribution in [0.15, 0.2) is 122 Å². The quantitative estimate of drug-likeness (QED) is 0.0169. The van der Waals surface area contributed by atoms with E-state index in [2.05, 4.69) is 149 Å². The summed E-state index contributed by atoms with van der Waals surface area (Å²) in [7, 11) is -9.97. The summed E-state index contributed by atoms with van der Waals surface area (Å²) < 4.78 is 68.5. The highest BCUT2D eigenvalue weighted by Crippen LogP contribution is 2.45. The molecular formula is C83H142O17P2. The highest BCUT2D eigenvalue weighted by Gasteiger charge is 2.30. The molecule has 3 N–H and O–H groups in total. The number of ether oxygens (including phenoxy) is 4. The van der Waals surface area contributed by atoms with Gasteiger partial charge in [0, 0.05) is 25.7 Å². The van der Waals surface area contributed by atoms with Crippen molar-refractivity contribution in [1.29, 1.82) is 0 Å². The van der Waals surface area contributed by atoms with Crippen LogP contribution in [0, 0.1) is 0 Å². The second-order valence-corrected chi connectivity index (χ2v) is 29.2. The molecule has 0 saturated carbocycles. The fourth-order valence-electron chi connectivity index (χ4n) is 10.3. The van der Waals surface area contributed by atoms with Crippen LogP contribution in [-0.2, 0) is 65.4 Å². The Morgan fingerprint density at radius 2 is 0.520 bits per heavy atom. The maximum absolute atomic E-state index is 13.1. The zero-order valence-electron chi connectivity index (χ0n) is 64.0. The normalized spacial score (nSPS) is 14.5. The second kappa shape index (κ2) is 74.7. The van der Waals surface area contributed by atoms with Crippen LogP contribution in [0.2, 0.25) is 0 Å². The number of allylic oxidation sites excluding steroid dienone is 20. The number of carbonyl (C=O) groups is 4. The molecule has 0 aromatic carbocycles. The third-order valence-electron chi connectivity index (χ3n) is 16.4. The molecule has 19 heteroatoms. The molecule has 5 unspecified atom stereocenters. The Hall–Kier alpha value is -4.54. The summed E-state index contributed by atoms with van der Waals surface area (Å²) in [5.74, 6) is -2.24. The van der Waals surface area contributed by atoms with Gasteiger partial charge in [-0.15, -0.1) is 0 Å². The summed E-state index contributed by atoms with van der Waals surface area (Å²) in [6.45, 7) is 4.62. The number of aliphatic hydroxyl groups excluding tert-OH is 1. The molecule has 0 bridgehead atoms. The molecule has 0 aromatic heterocycles. The standard InChI is InChI=1S/C83H142O17P2/c1-5-9-13-17-21-25-29-32-34-36-38-40-42-45-49-52-56-60-64-68-81(86)94-74-79(100-83(88)70-66-62-58-54-50-46-43-41-39-37-35-33-30-26-22-18-14-10-6-2)76-98-102(91,92)96-72-77(84)71-95-101(89,90)97-75-78(99-82(87)69-65-61-57-53-47-28-24-20-16-12-8-4)73-93-80(85)67-63-59-55-51-48-44-31-27-23-19-15-11-7-3/h9,13,20-22,24-27,31-35,38-41,45,49,77-79,84H,5-8,10-12,14-19,23,28-30,36-37,42-44,46-48,50-76H2,1-4H3,(H,89,90)(H,91,92)/b13-9-,24-20-,25-21-,26-22-,31-27-,34-32-,35-33-,40-38-,41-39-,49-45-. The number of phosphoric acid groups is 2. The maximum atomic E-state index is 13.1. The number of hydrogen-bond acceptors (Lipinski definition) is 15. The first-order valence-corrected chi connectivity index (χ1v) is 42.8. The smallest absolute Gasteiger partial charge is 0.462 e. The molecule has 0 radical (unpaired) electrons. The van der Waals surface area contributed by atoms with E-state index in [-0.39, 0.29) is 25.7 Å². The third kappa shape index (κ3) is 73.8. The van der Waals surface area contributed by atoms with Crippen molar-refractivity contribution in [3.8, 4) is 0 Å². The average Bonchev–Trinajstić information content (AvgIpc) is 0.940. The van der Waals surface area contributed by atoms with Crippen molar-refractivity contribution < 1.29 is 80.2 Å². The third-order valence-corrected chi connectivity index (χ3v) is 18.3. The van der Waals surface area contributed by atoms with Gasteiger partial charge in [0.25, 0.3) is 0 Å². The highest BCUT2D eigenvalue weighted by molar-refractivity contribution is 7.47. The van der Waals surface area contributed by atoms with E-state index in [0.29, 0.717) is 25.7 Å². The van der Waals surface area contributed by atoms with Crippen molar-refractivity contribution in [2.24, 2.45) is 0 Å². The van der Waals surface area contributed by atoms with Gasteiger partial charge in [-0.05, 0) is 154 Å². The summed E-state index contributed by atoms with van der Waals surface area (Å²) in [5.41, 5.74) is 0. The lowest BCUT2D eigenvalue weighted by molar-refractivity contribution is -0.161. The van der Waals surface area contributed by atoms with Crippen LogP contribution >= 0.6 is 15.6 Å². The number of rotatable bonds is 74. The lowest BCUT2D eigenvalue weighted by atomic mass is 10.1. The Bertz CT molecular complexity index is 2410. The Morgan fingerprint density at radius 1 is 0.284 bits per heavy atom. The predicted molar refractivity (Wildman–Crippen MR) is 418 cm³/mol. The van der Waals surface area contributed by atoms with Crippen LogP contribution in [0.1, 0.15) is 323 Å². The van der Waals surface area contributed by atoms with Crippen molar-refractivity contribution >= 4 is 39.5 Å². The van der Waals surface area contributed by atoms with Gasteiger partial charge >= 0.3 is 39.5 Å². The monoisotopic (exact) mass is 1470 g/mol. The first-order chi connectivity index (χ1) is 49.7. The van der Waals surface area contributed by atoms with Gasteiger partial charge < -0.3 is 33.8 Å². The molecule has 0 aliphatic carbocycles. The zero-order valence-corrected chi connectivity index (χ0v) is 65.8. The van der Waals surface area contributed by atoms with E-state index in [9.17, 15) is 43.2 Å². The zero-order chi connectivity index (χ0) is 74.6. The Morgan fingerprint density at radius 3 is 0.853 bits per heavy atom. The van der Waals surface area contributed by atoms with Gasteiger partial charge in [0.1, 0.15) is 19.3 Å². The van der Waals surface area contributed by atoms with Gasteiger partial charge in [-0.25, -0.2) is 9.13 Å². The molecule has 0 spiro atoms. The molecule has 5 atom stereocenters. The first kappa shape index (κ1) is 97.5. The van der Waals surface area contributed by atoms with Crippen molar-refractivity contribution in [1.82, 2.24) is 0 Å². The van der Waals surface area contributed by atoms with Gasteiger partial charge in [-0.1, -0.05) is 265 Å². The largest absolute Gasteiger partial charge is 0.472 e. The maximum Gasteiger partial charge on any atom is 0.472 e. The van der Waals surface area contributed by atoms with Gasteiger partial charge in [0.15, 0.2) is 12.2 Å². The van der Waals surface area contributed by atoms with Crippen LogP contribution in [0.4, 0.5) is 0 Å². The Labute approximate surface area is 619 Å². The molecule has 17 nitrogen and oxygen atoms in total. The van der Waals surface area contributed by atoms with Crippen molar-refractivity contribution in [2.75, 3.05) is 39.6 Å². The van der Waals surface area contributed by atoms with E-state index < -0.39 is 97.5 Å². The van der Waals surface area contributed by atoms with E-state index >= 15 is 0 Å². The highest BCUT2D eigenvalue weighted by atomic mass is 31.2. The lowest BCUT2D eigenvalue weighted by Gasteiger charge is -2.21. The number of aliphatic hydroxyl groups is 1. The molecule has 0 amide bonds. The molecule has 0 aliphatic rings. The van der Waals surface area contributed by atoms with Crippen LogP contribution < -0.4 is 0 Å². The summed E-state index contributed by atoms with van der Waals surface area (Å²) >= 11 is 0. The summed E-state index contributed by atoms with van der Waals surface area (Å²) in [5, 5.41) is 10.6. The summed E-state index contributed by atoms with van der Waals surface area (Å²) in [6.07, 6.45) is 81.8. The second-order valence-electron chi connectivity index (χ2n) is 26.3. The molecule has 0 saturated heterocycles. The molecule has 102 heavy (non-hydrogen) atoms. The Kier molecular flexibility index (Phi) is 71.4. The SMILES string of the molecule is CC/C=C\C/C=C\C/C=C\C/C=C\C/C=C\CCCCCC(=O)OCC(COP(=O)(O)OCC(O)COP(=O)(O)OCC(COC(=O)CCCCCCC/C=C\CCCCCC)OC(=O)CCCCCCC/C=C\CCCC)OC(=O)CCCCCCCC/C=C\C/C=C\C/C=C\CCCCC. The van der Waals surface area contributed by atoms with Crippen LogP contribution in [0.3, 0.4) is 0 Å². The van der Waals surface area contributed by atoms with Crippen molar-refractivity contribution in [2.45, 2.75) is 341 Å². The van der Waals surface area contributed by atoms with Crippen molar-refractivity contribution in [3.05, 3.63) is 122 Å². The molecule has 0 heterocycles. The fourth-order valence-corrected chi connectivity index (χ4v) is 11.9. The molecular weight excluding hydrogens is 1330 g/mol. The van der Waals surface area contributed by atoms with E-state index in [1.54, 1.807) is 0 Å². The molecule has 0 rings (SSSR count). The minimum atomic E-state index is -4.99.